The first-order valence-corrected chi connectivity index (χ1v) is 7.84. The minimum atomic E-state index is -0.429. The molecule has 2 aromatic carbocycles. The fourth-order valence-electron chi connectivity index (χ4n) is 3.00. The van der Waals surface area contributed by atoms with Crippen LogP contribution in [0, 0.1) is 0 Å². The van der Waals surface area contributed by atoms with Gasteiger partial charge in [0.1, 0.15) is 18.5 Å². The van der Waals surface area contributed by atoms with Crippen LogP contribution in [0.4, 0.5) is 0 Å². The van der Waals surface area contributed by atoms with Crippen LogP contribution in [-0.2, 0) is 0 Å². The van der Waals surface area contributed by atoms with Crippen molar-refractivity contribution in [2.45, 2.75) is 25.4 Å². The predicted molar refractivity (Wildman–Crippen MR) is 85.7 cm³/mol. The molecular formula is C18H23NO2. The largest absolute Gasteiger partial charge is 0.490 e. The second kappa shape index (κ2) is 6.92. The van der Waals surface area contributed by atoms with E-state index in [0.717, 1.165) is 24.2 Å². The van der Waals surface area contributed by atoms with Crippen molar-refractivity contribution in [3.05, 3.63) is 42.5 Å². The zero-order valence-electron chi connectivity index (χ0n) is 12.4. The monoisotopic (exact) mass is 285 g/mol. The van der Waals surface area contributed by atoms with Crippen molar-refractivity contribution in [2.75, 3.05) is 26.2 Å². The molecule has 1 aliphatic heterocycles. The maximum absolute atomic E-state index is 10.2. The normalized spacial score (nSPS) is 17.8. The number of hydrogen-bond acceptors (Lipinski definition) is 3. The summed E-state index contributed by atoms with van der Waals surface area (Å²) in [5.41, 5.74) is 0. The fourth-order valence-corrected chi connectivity index (χ4v) is 3.00. The number of β-amino-alcohol motifs (C(OH)–C–C–N with tert-alkyl or cyclic N) is 1. The summed E-state index contributed by atoms with van der Waals surface area (Å²) in [4.78, 5) is 2.33. The van der Waals surface area contributed by atoms with E-state index in [2.05, 4.69) is 23.1 Å². The Balaban J connectivity index is 1.58. The van der Waals surface area contributed by atoms with Crippen molar-refractivity contribution >= 4 is 10.8 Å². The second-order valence-corrected chi connectivity index (χ2v) is 5.80. The Kier molecular flexibility index (Phi) is 4.73. The number of benzene rings is 2. The predicted octanol–water partition coefficient (Wildman–Crippen LogP) is 3.07. The van der Waals surface area contributed by atoms with E-state index < -0.39 is 6.10 Å². The number of aliphatic hydroxyl groups excluding tert-OH is 1. The molecule has 1 atom stereocenters. The molecule has 0 saturated carbocycles. The van der Waals surface area contributed by atoms with Crippen molar-refractivity contribution < 1.29 is 9.84 Å². The van der Waals surface area contributed by atoms with Gasteiger partial charge in [-0.25, -0.2) is 0 Å². The maximum atomic E-state index is 10.2. The van der Waals surface area contributed by atoms with Crippen molar-refractivity contribution in [2.24, 2.45) is 0 Å². The maximum Gasteiger partial charge on any atom is 0.127 e. The molecule has 0 radical (unpaired) electrons. The molecule has 0 amide bonds. The first kappa shape index (κ1) is 14.4. The van der Waals surface area contributed by atoms with Crippen molar-refractivity contribution in [1.82, 2.24) is 4.90 Å². The average molecular weight is 285 g/mol. The van der Waals surface area contributed by atoms with Crippen molar-refractivity contribution in [3.8, 4) is 5.75 Å². The number of rotatable bonds is 5. The first-order valence-electron chi connectivity index (χ1n) is 7.84. The lowest BCUT2D eigenvalue weighted by molar-refractivity contribution is 0.0622. The van der Waals surface area contributed by atoms with Gasteiger partial charge in [-0.2, -0.15) is 0 Å². The molecule has 3 heteroatoms. The zero-order valence-corrected chi connectivity index (χ0v) is 12.4. The van der Waals surface area contributed by atoms with Crippen LogP contribution in [0.2, 0.25) is 0 Å². The molecule has 0 spiro atoms. The van der Waals surface area contributed by atoms with Gasteiger partial charge in [0.05, 0.1) is 0 Å². The van der Waals surface area contributed by atoms with Gasteiger partial charge in [0.25, 0.3) is 0 Å². The smallest absolute Gasteiger partial charge is 0.127 e. The van der Waals surface area contributed by atoms with Crippen LogP contribution in [0.5, 0.6) is 5.75 Å². The van der Waals surface area contributed by atoms with Crippen molar-refractivity contribution in [1.29, 1.82) is 0 Å². The molecule has 0 unspecified atom stereocenters. The van der Waals surface area contributed by atoms with Crippen molar-refractivity contribution in [3.63, 3.8) is 0 Å². The Morgan fingerprint density at radius 3 is 2.62 bits per heavy atom. The molecule has 21 heavy (non-hydrogen) atoms. The lowest BCUT2D eigenvalue weighted by Gasteiger charge is -2.28. The molecule has 1 N–H and O–H groups in total. The Morgan fingerprint density at radius 2 is 1.76 bits per heavy atom. The molecule has 1 aliphatic rings. The highest BCUT2D eigenvalue weighted by molar-refractivity contribution is 5.88. The van der Waals surface area contributed by atoms with Crippen LogP contribution in [0.15, 0.2) is 42.5 Å². The van der Waals surface area contributed by atoms with E-state index in [0.29, 0.717) is 13.2 Å². The number of nitrogens with zero attached hydrogens (tertiary/aromatic N) is 1. The third-order valence-electron chi connectivity index (χ3n) is 4.10. The SMILES string of the molecule is O[C@@H](COc1cccc2ccccc12)CN1CCCCC1. The average Bonchev–Trinajstić information content (AvgIpc) is 2.54. The number of aliphatic hydroxyl groups is 1. The van der Waals surface area contributed by atoms with E-state index in [-0.39, 0.29) is 0 Å². The van der Waals surface area contributed by atoms with E-state index in [1.165, 1.54) is 24.6 Å². The van der Waals surface area contributed by atoms with Crippen LogP contribution in [0.3, 0.4) is 0 Å². The number of piperidine rings is 1. The van der Waals surface area contributed by atoms with E-state index in [9.17, 15) is 5.11 Å². The Morgan fingerprint density at radius 1 is 1.00 bits per heavy atom. The number of likely N-dealkylation sites (tertiary alicyclic amines) is 1. The quantitative estimate of drug-likeness (QED) is 0.916. The Bertz CT molecular complexity index is 573. The van der Waals surface area contributed by atoms with Gasteiger partial charge in [0.2, 0.25) is 0 Å². The van der Waals surface area contributed by atoms with Crippen LogP contribution in [-0.4, -0.2) is 42.4 Å². The zero-order chi connectivity index (χ0) is 14.5. The second-order valence-electron chi connectivity index (χ2n) is 5.80. The summed E-state index contributed by atoms with van der Waals surface area (Å²) in [6, 6.07) is 14.2. The highest BCUT2D eigenvalue weighted by atomic mass is 16.5. The first-order chi connectivity index (χ1) is 10.3. The topological polar surface area (TPSA) is 32.7 Å². The molecule has 1 fully saturated rings. The minimum Gasteiger partial charge on any atom is -0.490 e. The summed E-state index contributed by atoms with van der Waals surface area (Å²) in [5, 5.41) is 12.4. The molecule has 3 rings (SSSR count). The van der Waals surface area contributed by atoms with Gasteiger partial charge < -0.3 is 14.7 Å². The Labute approximate surface area is 126 Å². The molecule has 2 aromatic rings. The van der Waals surface area contributed by atoms with Crippen LogP contribution in [0.25, 0.3) is 10.8 Å². The molecule has 112 valence electrons. The summed E-state index contributed by atoms with van der Waals surface area (Å²) < 4.78 is 5.85. The molecule has 1 heterocycles. The van der Waals surface area contributed by atoms with Gasteiger partial charge in [0, 0.05) is 11.9 Å². The third kappa shape index (κ3) is 3.74. The minimum absolute atomic E-state index is 0.352. The summed E-state index contributed by atoms with van der Waals surface area (Å²) in [7, 11) is 0. The lowest BCUT2D eigenvalue weighted by Crippen LogP contribution is -2.38. The van der Waals surface area contributed by atoms with E-state index in [4.69, 9.17) is 4.74 Å². The van der Waals surface area contributed by atoms with Gasteiger partial charge in [-0.05, 0) is 37.4 Å². The summed E-state index contributed by atoms with van der Waals surface area (Å²) in [6.07, 6.45) is 3.38. The summed E-state index contributed by atoms with van der Waals surface area (Å²) >= 11 is 0. The third-order valence-corrected chi connectivity index (χ3v) is 4.10. The highest BCUT2D eigenvalue weighted by Crippen LogP contribution is 2.25. The van der Waals surface area contributed by atoms with Gasteiger partial charge in [-0.15, -0.1) is 0 Å². The van der Waals surface area contributed by atoms with Crippen LogP contribution < -0.4 is 4.74 Å². The van der Waals surface area contributed by atoms with Crippen LogP contribution >= 0.6 is 0 Å². The number of fused-ring (bicyclic) bond motifs is 1. The molecule has 0 aliphatic carbocycles. The Hall–Kier alpha value is -1.58. The number of hydrogen-bond donors (Lipinski definition) is 1. The van der Waals surface area contributed by atoms with Gasteiger partial charge in [0.15, 0.2) is 0 Å². The summed E-state index contributed by atoms with van der Waals surface area (Å²) in [5.74, 6) is 0.853. The summed E-state index contributed by atoms with van der Waals surface area (Å²) in [6.45, 7) is 3.27. The standard InChI is InChI=1S/C18H23NO2/c20-16(13-19-11-4-1-5-12-19)14-21-18-10-6-8-15-7-2-3-9-17(15)18/h2-3,6-10,16,20H,1,4-5,11-14H2/t16-/m1/s1. The van der Waals surface area contributed by atoms with Gasteiger partial charge in [-0.3, -0.25) is 0 Å². The highest BCUT2D eigenvalue weighted by Gasteiger charge is 2.15. The van der Waals surface area contributed by atoms with E-state index in [1.54, 1.807) is 0 Å². The molecule has 3 nitrogen and oxygen atoms in total. The molecule has 1 saturated heterocycles. The van der Waals surface area contributed by atoms with Crippen LogP contribution in [0.1, 0.15) is 19.3 Å². The van der Waals surface area contributed by atoms with E-state index in [1.807, 2.05) is 24.3 Å². The number of ether oxygens (including phenoxy) is 1. The van der Waals surface area contributed by atoms with Gasteiger partial charge in [-0.1, -0.05) is 42.8 Å². The van der Waals surface area contributed by atoms with Gasteiger partial charge >= 0.3 is 0 Å². The lowest BCUT2D eigenvalue weighted by atomic mass is 10.1. The molecule has 0 aromatic heterocycles. The molecular weight excluding hydrogens is 262 g/mol. The van der Waals surface area contributed by atoms with E-state index >= 15 is 0 Å². The molecule has 0 bridgehead atoms. The fraction of sp³-hybridized carbons (Fsp3) is 0.444.